The molecule has 1 saturated carbocycles. The lowest BCUT2D eigenvalue weighted by atomic mass is 10.0. The van der Waals surface area contributed by atoms with Gasteiger partial charge in [0.1, 0.15) is 0 Å². The fourth-order valence-corrected chi connectivity index (χ4v) is 3.28. The Morgan fingerprint density at radius 2 is 1.89 bits per heavy atom. The van der Waals surface area contributed by atoms with E-state index in [4.69, 9.17) is 4.74 Å². The fourth-order valence-electron chi connectivity index (χ4n) is 3.28. The molecule has 2 aliphatic rings. The third kappa shape index (κ3) is 2.33. The van der Waals surface area contributed by atoms with Crippen LogP contribution in [0.2, 0.25) is 0 Å². The number of methoxy groups -OCH3 is 1. The molecule has 2 heterocycles. The van der Waals surface area contributed by atoms with E-state index in [1.807, 2.05) is 12.4 Å². The highest BCUT2D eigenvalue weighted by Crippen LogP contribution is 2.38. The van der Waals surface area contributed by atoms with Crippen molar-refractivity contribution in [2.75, 3.05) is 20.2 Å². The highest BCUT2D eigenvalue weighted by Gasteiger charge is 2.39. The number of likely N-dealkylation sites (tertiary alicyclic amines) is 1. The number of hydrogen-bond acceptors (Lipinski definition) is 5. The lowest BCUT2D eigenvalue weighted by Gasteiger charge is -2.17. The molecular formula is C13H19N3O2. The van der Waals surface area contributed by atoms with Gasteiger partial charge in [-0.25, -0.2) is 9.97 Å². The maximum Gasteiger partial charge on any atom is 0.316 e. The SMILES string of the molecule is COc1ncc(CN2C[C@H]3CC(O)C[C@H]3C2)cn1. The van der Waals surface area contributed by atoms with Crippen molar-refractivity contribution in [2.24, 2.45) is 11.8 Å². The highest BCUT2D eigenvalue weighted by atomic mass is 16.5. The van der Waals surface area contributed by atoms with Gasteiger partial charge in [-0.15, -0.1) is 0 Å². The molecule has 1 aromatic rings. The molecule has 1 unspecified atom stereocenters. The van der Waals surface area contributed by atoms with Crippen LogP contribution in [-0.2, 0) is 6.54 Å². The van der Waals surface area contributed by atoms with Gasteiger partial charge in [0.25, 0.3) is 0 Å². The van der Waals surface area contributed by atoms with Gasteiger partial charge in [-0.3, -0.25) is 4.90 Å². The number of aromatic nitrogens is 2. The van der Waals surface area contributed by atoms with Crippen molar-refractivity contribution in [3.63, 3.8) is 0 Å². The Kier molecular flexibility index (Phi) is 3.18. The molecule has 5 nitrogen and oxygen atoms in total. The molecule has 0 radical (unpaired) electrons. The molecule has 1 N–H and O–H groups in total. The van der Waals surface area contributed by atoms with Gasteiger partial charge in [-0.05, 0) is 24.7 Å². The largest absolute Gasteiger partial charge is 0.467 e. The summed E-state index contributed by atoms with van der Waals surface area (Å²) in [7, 11) is 1.57. The van der Waals surface area contributed by atoms with E-state index in [0.717, 1.165) is 38.0 Å². The first-order valence-electron chi connectivity index (χ1n) is 6.50. The van der Waals surface area contributed by atoms with Gasteiger partial charge in [0.15, 0.2) is 0 Å². The van der Waals surface area contributed by atoms with Gasteiger partial charge >= 0.3 is 6.01 Å². The summed E-state index contributed by atoms with van der Waals surface area (Å²) in [6.07, 6.45) is 5.54. The second-order valence-electron chi connectivity index (χ2n) is 5.42. The van der Waals surface area contributed by atoms with Crippen LogP contribution in [0.5, 0.6) is 6.01 Å². The summed E-state index contributed by atoms with van der Waals surface area (Å²) < 4.78 is 4.95. The molecule has 3 rings (SSSR count). The Labute approximate surface area is 107 Å². The smallest absolute Gasteiger partial charge is 0.316 e. The van der Waals surface area contributed by atoms with Crippen LogP contribution in [0.15, 0.2) is 12.4 Å². The van der Waals surface area contributed by atoms with Crippen LogP contribution in [0.1, 0.15) is 18.4 Å². The van der Waals surface area contributed by atoms with Gasteiger partial charge in [0, 0.05) is 37.6 Å². The van der Waals surface area contributed by atoms with Gasteiger partial charge in [0.2, 0.25) is 0 Å². The number of fused-ring (bicyclic) bond motifs is 1. The number of hydrogen-bond donors (Lipinski definition) is 1. The maximum atomic E-state index is 9.62. The van der Waals surface area contributed by atoms with Crippen molar-refractivity contribution in [1.82, 2.24) is 14.9 Å². The van der Waals surface area contributed by atoms with Crippen LogP contribution in [0.25, 0.3) is 0 Å². The van der Waals surface area contributed by atoms with E-state index in [1.54, 1.807) is 7.11 Å². The number of aliphatic hydroxyl groups excluding tert-OH is 1. The molecule has 5 heteroatoms. The summed E-state index contributed by atoms with van der Waals surface area (Å²) in [5.41, 5.74) is 1.12. The summed E-state index contributed by atoms with van der Waals surface area (Å²) >= 11 is 0. The topological polar surface area (TPSA) is 58.5 Å². The zero-order chi connectivity index (χ0) is 12.5. The predicted octanol–water partition coefficient (Wildman–Crippen LogP) is 0.688. The minimum Gasteiger partial charge on any atom is -0.467 e. The van der Waals surface area contributed by atoms with Crippen LogP contribution < -0.4 is 4.74 Å². The van der Waals surface area contributed by atoms with Gasteiger partial charge < -0.3 is 9.84 Å². The lowest BCUT2D eigenvalue weighted by Crippen LogP contribution is -2.22. The van der Waals surface area contributed by atoms with E-state index in [2.05, 4.69) is 14.9 Å². The van der Waals surface area contributed by atoms with Crippen LogP contribution >= 0.6 is 0 Å². The number of ether oxygens (including phenoxy) is 1. The molecule has 0 amide bonds. The zero-order valence-corrected chi connectivity index (χ0v) is 10.6. The quantitative estimate of drug-likeness (QED) is 0.854. The Morgan fingerprint density at radius 3 is 2.44 bits per heavy atom. The van der Waals surface area contributed by atoms with E-state index in [1.165, 1.54) is 0 Å². The standard InChI is InChI=1S/C13H19N3O2/c1-18-13-14-4-9(5-15-13)6-16-7-10-2-12(17)3-11(10)8-16/h4-5,10-12,17H,2-3,6-8H2,1H3/t10-,11+,12?. The van der Waals surface area contributed by atoms with Crippen LogP contribution in [0.4, 0.5) is 0 Å². The normalized spacial score (nSPS) is 31.6. The van der Waals surface area contributed by atoms with Crippen molar-refractivity contribution in [3.05, 3.63) is 18.0 Å². The monoisotopic (exact) mass is 249 g/mol. The summed E-state index contributed by atoms with van der Waals surface area (Å²) in [5, 5.41) is 9.62. The van der Waals surface area contributed by atoms with Gasteiger partial charge in [-0.2, -0.15) is 0 Å². The molecule has 1 aliphatic heterocycles. The molecule has 3 atom stereocenters. The zero-order valence-electron chi connectivity index (χ0n) is 10.6. The van der Waals surface area contributed by atoms with E-state index in [-0.39, 0.29) is 6.10 Å². The first-order chi connectivity index (χ1) is 8.74. The summed E-state index contributed by atoms with van der Waals surface area (Å²) in [4.78, 5) is 10.7. The summed E-state index contributed by atoms with van der Waals surface area (Å²) in [6, 6.07) is 0.417. The van der Waals surface area contributed by atoms with E-state index < -0.39 is 0 Å². The minimum absolute atomic E-state index is 0.0635. The molecule has 1 aromatic heterocycles. The molecule has 1 saturated heterocycles. The number of nitrogens with zero attached hydrogens (tertiary/aromatic N) is 3. The van der Waals surface area contributed by atoms with Gasteiger partial charge in [0.05, 0.1) is 13.2 Å². The van der Waals surface area contributed by atoms with Crippen molar-refractivity contribution in [3.8, 4) is 6.01 Å². The first kappa shape index (κ1) is 11.9. The Bertz CT molecular complexity index is 395. The summed E-state index contributed by atoms with van der Waals surface area (Å²) in [5.74, 6) is 1.36. The van der Waals surface area contributed by atoms with E-state index >= 15 is 0 Å². The van der Waals surface area contributed by atoms with E-state index in [9.17, 15) is 5.11 Å². The molecule has 0 aromatic carbocycles. The second kappa shape index (κ2) is 4.82. The van der Waals surface area contributed by atoms with Crippen molar-refractivity contribution < 1.29 is 9.84 Å². The molecule has 98 valence electrons. The Morgan fingerprint density at radius 1 is 1.28 bits per heavy atom. The lowest BCUT2D eigenvalue weighted by molar-refractivity contribution is 0.161. The molecule has 0 bridgehead atoms. The van der Waals surface area contributed by atoms with Crippen LogP contribution in [0, 0.1) is 11.8 Å². The molecule has 18 heavy (non-hydrogen) atoms. The van der Waals surface area contributed by atoms with Crippen molar-refractivity contribution >= 4 is 0 Å². The Balaban J connectivity index is 1.58. The molecule has 0 spiro atoms. The van der Waals surface area contributed by atoms with Crippen LogP contribution in [-0.4, -0.2) is 46.3 Å². The van der Waals surface area contributed by atoms with Crippen LogP contribution in [0.3, 0.4) is 0 Å². The molecule has 2 fully saturated rings. The fraction of sp³-hybridized carbons (Fsp3) is 0.692. The highest BCUT2D eigenvalue weighted by molar-refractivity contribution is 5.08. The Hall–Kier alpha value is -1.20. The van der Waals surface area contributed by atoms with Gasteiger partial charge in [-0.1, -0.05) is 0 Å². The predicted molar refractivity (Wildman–Crippen MR) is 66.1 cm³/mol. The third-order valence-corrected chi connectivity index (χ3v) is 4.07. The average Bonchev–Trinajstić information content (AvgIpc) is 2.86. The molecule has 1 aliphatic carbocycles. The average molecular weight is 249 g/mol. The van der Waals surface area contributed by atoms with Crippen molar-refractivity contribution in [2.45, 2.75) is 25.5 Å². The minimum atomic E-state index is -0.0635. The van der Waals surface area contributed by atoms with E-state index in [0.29, 0.717) is 17.8 Å². The molecular weight excluding hydrogens is 230 g/mol. The third-order valence-electron chi connectivity index (χ3n) is 4.07. The van der Waals surface area contributed by atoms with Crippen molar-refractivity contribution in [1.29, 1.82) is 0 Å². The number of rotatable bonds is 3. The maximum absolute atomic E-state index is 9.62. The first-order valence-corrected chi connectivity index (χ1v) is 6.50. The second-order valence-corrected chi connectivity index (χ2v) is 5.42. The summed E-state index contributed by atoms with van der Waals surface area (Å²) in [6.45, 7) is 3.08. The number of aliphatic hydroxyl groups is 1.